The van der Waals surface area contributed by atoms with Crippen molar-refractivity contribution in [1.82, 2.24) is 4.98 Å². The number of benzene rings is 1. The second kappa shape index (κ2) is 4.61. The van der Waals surface area contributed by atoms with Crippen LogP contribution in [-0.4, -0.2) is 21.8 Å². The van der Waals surface area contributed by atoms with Crippen LogP contribution in [0.4, 0.5) is 0 Å². The fourth-order valence-corrected chi connectivity index (χ4v) is 3.39. The third-order valence-electron chi connectivity index (χ3n) is 1.94. The van der Waals surface area contributed by atoms with Crippen molar-refractivity contribution in [3.63, 3.8) is 0 Å². The normalized spacial score (nSPS) is 10.9. The van der Waals surface area contributed by atoms with E-state index in [-0.39, 0.29) is 10.6 Å². The molecule has 0 spiro atoms. The molecule has 83 valence electrons. The summed E-state index contributed by atoms with van der Waals surface area (Å²) in [4.78, 5) is 15.2. The number of halogens is 1. The lowest BCUT2D eigenvalue weighted by atomic mass is 10.2. The van der Waals surface area contributed by atoms with Gasteiger partial charge in [-0.25, -0.2) is 9.78 Å². The number of nitrogens with zero attached hydrogens (tertiary/aromatic N) is 1. The molecule has 1 aromatic heterocycles. The summed E-state index contributed by atoms with van der Waals surface area (Å²) in [5.74, 6) is -0.352. The summed E-state index contributed by atoms with van der Waals surface area (Å²) < 4.78 is 1.75. The number of rotatable bonds is 3. The standard InChI is InChI=1S/C10H7ClNO2S2/c1-2-15-10-12-8-6(16-10)4-3-5(7(8)11)9(13)14/h3-4H,1-2H2,(H,13,14). The molecule has 0 amide bonds. The predicted octanol–water partition coefficient (Wildman–Crippen LogP) is 3.57. The Balaban J connectivity index is 2.60. The highest BCUT2D eigenvalue weighted by Gasteiger charge is 2.15. The maximum atomic E-state index is 10.9. The van der Waals surface area contributed by atoms with Crippen LogP contribution < -0.4 is 0 Å². The molecule has 0 aliphatic heterocycles. The second-order valence-corrected chi connectivity index (χ2v) is 5.66. The summed E-state index contributed by atoms with van der Waals surface area (Å²) in [6, 6.07) is 3.24. The minimum atomic E-state index is -1.04. The molecule has 3 nitrogen and oxygen atoms in total. The van der Waals surface area contributed by atoms with Gasteiger partial charge in [-0.05, 0) is 19.1 Å². The maximum Gasteiger partial charge on any atom is 0.337 e. The lowest BCUT2D eigenvalue weighted by Gasteiger charge is -1.97. The number of hydrogen-bond donors (Lipinski definition) is 1. The average Bonchev–Trinajstić information content (AvgIpc) is 2.62. The number of aromatic carboxylic acids is 1. The summed E-state index contributed by atoms with van der Waals surface area (Å²) in [6.45, 7) is 3.72. The van der Waals surface area contributed by atoms with Crippen molar-refractivity contribution in [3.8, 4) is 0 Å². The molecule has 0 saturated heterocycles. The molecule has 1 aromatic carbocycles. The first kappa shape index (κ1) is 11.7. The van der Waals surface area contributed by atoms with Gasteiger partial charge in [0.15, 0.2) is 4.34 Å². The molecule has 0 atom stereocenters. The van der Waals surface area contributed by atoms with Gasteiger partial charge in [0.05, 0.1) is 15.3 Å². The molecule has 1 heterocycles. The Hall–Kier alpha value is -0.780. The van der Waals surface area contributed by atoms with Gasteiger partial charge in [0.25, 0.3) is 0 Å². The van der Waals surface area contributed by atoms with Crippen molar-refractivity contribution >= 4 is 50.9 Å². The van der Waals surface area contributed by atoms with E-state index in [1.807, 2.05) is 0 Å². The van der Waals surface area contributed by atoms with Crippen molar-refractivity contribution in [1.29, 1.82) is 0 Å². The first-order valence-corrected chi connectivity index (χ1v) is 6.56. The summed E-state index contributed by atoms with van der Waals surface area (Å²) in [5, 5.41) is 9.12. The minimum Gasteiger partial charge on any atom is -0.478 e. The Bertz CT molecular complexity index is 553. The molecular weight excluding hydrogens is 266 g/mol. The van der Waals surface area contributed by atoms with Crippen LogP contribution in [0.5, 0.6) is 0 Å². The maximum absolute atomic E-state index is 10.9. The predicted molar refractivity (Wildman–Crippen MR) is 67.7 cm³/mol. The van der Waals surface area contributed by atoms with Gasteiger partial charge < -0.3 is 5.11 Å². The summed E-state index contributed by atoms with van der Waals surface area (Å²) >= 11 is 8.99. The van der Waals surface area contributed by atoms with E-state index < -0.39 is 5.97 Å². The van der Waals surface area contributed by atoms with Crippen LogP contribution in [0.1, 0.15) is 10.4 Å². The highest BCUT2D eigenvalue weighted by atomic mass is 35.5. The smallest absolute Gasteiger partial charge is 0.337 e. The van der Waals surface area contributed by atoms with Gasteiger partial charge in [-0.15, -0.1) is 11.3 Å². The zero-order chi connectivity index (χ0) is 11.7. The molecule has 0 fully saturated rings. The van der Waals surface area contributed by atoms with Crippen LogP contribution in [0, 0.1) is 6.92 Å². The number of carbonyl (C=O) groups is 1. The average molecular weight is 273 g/mol. The van der Waals surface area contributed by atoms with E-state index in [2.05, 4.69) is 11.9 Å². The monoisotopic (exact) mass is 272 g/mol. The van der Waals surface area contributed by atoms with Crippen LogP contribution in [0.2, 0.25) is 5.02 Å². The van der Waals surface area contributed by atoms with Gasteiger partial charge in [0, 0.05) is 5.75 Å². The highest BCUT2D eigenvalue weighted by molar-refractivity contribution is 8.01. The van der Waals surface area contributed by atoms with Crippen molar-refractivity contribution in [3.05, 3.63) is 29.6 Å². The van der Waals surface area contributed by atoms with Crippen molar-refractivity contribution in [2.75, 3.05) is 5.75 Å². The molecule has 6 heteroatoms. The molecule has 0 unspecified atom stereocenters. The largest absolute Gasteiger partial charge is 0.478 e. The zero-order valence-corrected chi connectivity index (χ0v) is 10.5. The lowest BCUT2D eigenvalue weighted by molar-refractivity contribution is 0.0697. The quantitative estimate of drug-likeness (QED) is 0.868. The van der Waals surface area contributed by atoms with Gasteiger partial charge in [-0.3, -0.25) is 0 Å². The van der Waals surface area contributed by atoms with Gasteiger partial charge >= 0.3 is 5.97 Å². The van der Waals surface area contributed by atoms with E-state index in [1.54, 1.807) is 6.07 Å². The Morgan fingerprint density at radius 1 is 1.62 bits per heavy atom. The lowest BCUT2D eigenvalue weighted by Crippen LogP contribution is -1.96. The minimum absolute atomic E-state index is 0.0886. The Kier molecular flexibility index (Phi) is 3.37. The fourth-order valence-electron chi connectivity index (χ4n) is 1.26. The number of thiazole rings is 1. The van der Waals surface area contributed by atoms with Crippen LogP contribution in [0.3, 0.4) is 0 Å². The van der Waals surface area contributed by atoms with Gasteiger partial charge in [0.2, 0.25) is 0 Å². The number of aromatic nitrogens is 1. The van der Waals surface area contributed by atoms with E-state index in [0.29, 0.717) is 11.3 Å². The molecule has 0 aliphatic rings. The molecule has 1 N–H and O–H groups in total. The molecule has 16 heavy (non-hydrogen) atoms. The van der Waals surface area contributed by atoms with Crippen molar-refractivity contribution in [2.45, 2.75) is 4.34 Å². The first-order valence-electron chi connectivity index (χ1n) is 4.38. The number of thioether (sulfide) groups is 1. The van der Waals surface area contributed by atoms with E-state index in [4.69, 9.17) is 16.7 Å². The molecule has 1 radical (unpaired) electrons. The van der Waals surface area contributed by atoms with Crippen molar-refractivity contribution in [2.24, 2.45) is 0 Å². The van der Waals surface area contributed by atoms with Crippen LogP contribution in [0.15, 0.2) is 16.5 Å². The summed E-state index contributed by atoms with van der Waals surface area (Å²) in [5.41, 5.74) is 0.646. The summed E-state index contributed by atoms with van der Waals surface area (Å²) in [6.07, 6.45) is 0. The second-order valence-electron chi connectivity index (χ2n) is 2.91. The number of carboxylic acids is 1. The summed E-state index contributed by atoms with van der Waals surface area (Å²) in [7, 11) is 0. The number of hydrogen-bond acceptors (Lipinski definition) is 4. The van der Waals surface area contributed by atoms with E-state index >= 15 is 0 Å². The van der Waals surface area contributed by atoms with Crippen LogP contribution in [-0.2, 0) is 0 Å². The number of fused-ring (bicyclic) bond motifs is 1. The molecular formula is C10H7ClNO2S2. The first-order chi connectivity index (χ1) is 7.63. The Morgan fingerprint density at radius 3 is 3.00 bits per heavy atom. The Labute approximate surface area is 105 Å². The van der Waals surface area contributed by atoms with Gasteiger partial charge in [-0.1, -0.05) is 23.4 Å². The Morgan fingerprint density at radius 2 is 2.38 bits per heavy atom. The molecule has 0 saturated carbocycles. The van der Waals surface area contributed by atoms with Crippen LogP contribution in [0.25, 0.3) is 10.2 Å². The fraction of sp³-hybridized carbons (Fsp3) is 0.100. The molecule has 2 rings (SSSR count). The van der Waals surface area contributed by atoms with E-state index in [9.17, 15) is 4.79 Å². The zero-order valence-electron chi connectivity index (χ0n) is 8.07. The molecule has 0 aliphatic carbocycles. The van der Waals surface area contributed by atoms with Crippen LogP contribution >= 0.6 is 34.7 Å². The van der Waals surface area contributed by atoms with Gasteiger partial charge in [0.1, 0.15) is 5.52 Å². The number of carboxylic acid groups (broad SMARTS) is 1. The highest BCUT2D eigenvalue weighted by Crippen LogP contribution is 2.34. The molecule has 2 aromatic rings. The SMILES string of the molecule is [CH2]CSc1nc2c(Cl)c(C(=O)O)ccc2s1. The third kappa shape index (κ3) is 2.03. The topological polar surface area (TPSA) is 50.2 Å². The van der Waals surface area contributed by atoms with Gasteiger partial charge in [-0.2, -0.15) is 0 Å². The van der Waals surface area contributed by atoms with E-state index in [0.717, 1.165) is 9.04 Å². The van der Waals surface area contributed by atoms with Crippen molar-refractivity contribution < 1.29 is 9.90 Å². The molecule has 0 bridgehead atoms. The third-order valence-corrected chi connectivity index (χ3v) is 4.28. The van der Waals surface area contributed by atoms with E-state index in [1.165, 1.54) is 29.2 Å².